The number of benzene rings is 1. The van der Waals surface area contributed by atoms with E-state index in [4.69, 9.17) is 4.74 Å². The molecule has 0 aliphatic carbocycles. The van der Waals surface area contributed by atoms with Crippen LogP contribution in [0.2, 0.25) is 0 Å². The zero-order valence-electron chi connectivity index (χ0n) is 10.6. The zero-order chi connectivity index (χ0) is 12.2. The first-order valence-corrected chi connectivity index (χ1v) is 8.34. The fourth-order valence-corrected chi connectivity index (χ4v) is 2.96. The van der Waals surface area contributed by atoms with Crippen molar-refractivity contribution in [2.24, 2.45) is 0 Å². The smallest absolute Gasteiger partial charge is 0.120 e. The van der Waals surface area contributed by atoms with Crippen LogP contribution in [0.3, 0.4) is 0 Å². The lowest BCUT2D eigenvalue weighted by Crippen LogP contribution is -2.08. The average molecular weight is 240 g/mol. The molecule has 0 saturated heterocycles. The molecule has 0 heterocycles. The van der Waals surface area contributed by atoms with Crippen LogP contribution in [0.25, 0.3) is 0 Å². The van der Waals surface area contributed by atoms with Crippen molar-refractivity contribution in [1.82, 2.24) is 0 Å². The Morgan fingerprint density at radius 2 is 2.00 bits per heavy atom. The van der Waals surface area contributed by atoms with Gasteiger partial charge in [-0.05, 0) is 44.4 Å². The monoisotopic (exact) mass is 240 g/mol. The minimum Gasteiger partial charge on any atom is -0.494 e. The van der Waals surface area contributed by atoms with Gasteiger partial charge >= 0.3 is 0 Å². The Kier molecular flexibility index (Phi) is 4.61. The third kappa shape index (κ3) is 3.68. The maximum absolute atomic E-state index is 12.1. The van der Waals surface area contributed by atoms with Crippen LogP contribution < -0.4 is 10.0 Å². The van der Waals surface area contributed by atoms with Crippen LogP contribution in [0.5, 0.6) is 5.75 Å². The number of hydrogen-bond acceptors (Lipinski definition) is 2. The Morgan fingerprint density at radius 1 is 1.31 bits per heavy atom. The van der Waals surface area contributed by atoms with Gasteiger partial charge in [-0.1, -0.05) is 19.4 Å². The van der Waals surface area contributed by atoms with E-state index in [1.807, 2.05) is 25.1 Å². The maximum Gasteiger partial charge on any atom is 0.120 e. The fourth-order valence-electron chi connectivity index (χ4n) is 1.59. The molecule has 0 aromatic heterocycles. The molecule has 0 amide bonds. The maximum atomic E-state index is 12.1. The van der Waals surface area contributed by atoms with E-state index >= 15 is 0 Å². The van der Waals surface area contributed by atoms with E-state index < -0.39 is 7.14 Å². The molecular formula is C13H21O2P. The van der Waals surface area contributed by atoms with E-state index in [1.165, 1.54) is 0 Å². The van der Waals surface area contributed by atoms with Crippen molar-refractivity contribution in [3.8, 4) is 5.75 Å². The van der Waals surface area contributed by atoms with Crippen LogP contribution in [0.4, 0.5) is 0 Å². The molecule has 1 aromatic carbocycles. The Hall–Kier alpha value is -0.750. The van der Waals surface area contributed by atoms with Crippen LogP contribution in [0.15, 0.2) is 18.2 Å². The van der Waals surface area contributed by atoms with Gasteiger partial charge in [-0.2, -0.15) is 0 Å². The molecule has 0 bridgehead atoms. The highest BCUT2D eigenvalue weighted by Gasteiger charge is 2.14. The number of unbranched alkanes of at least 4 members (excludes halogenated alkanes) is 1. The number of ether oxygens (including phenoxy) is 1. The molecule has 90 valence electrons. The van der Waals surface area contributed by atoms with Crippen LogP contribution in [-0.2, 0) is 4.57 Å². The topological polar surface area (TPSA) is 26.3 Å². The second-order valence-electron chi connectivity index (χ2n) is 4.50. The largest absolute Gasteiger partial charge is 0.494 e. The van der Waals surface area contributed by atoms with Crippen molar-refractivity contribution in [2.75, 3.05) is 19.9 Å². The van der Waals surface area contributed by atoms with Crippen molar-refractivity contribution in [1.29, 1.82) is 0 Å². The zero-order valence-corrected chi connectivity index (χ0v) is 11.5. The quantitative estimate of drug-likeness (QED) is 0.582. The van der Waals surface area contributed by atoms with Gasteiger partial charge in [-0.15, -0.1) is 0 Å². The molecule has 0 radical (unpaired) electrons. The average Bonchev–Trinajstić information content (AvgIpc) is 2.19. The molecule has 0 unspecified atom stereocenters. The first-order valence-electron chi connectivity index (χ1n) is 5.74. The summed E-state index contributed by atoms with van der Waals surface area (Å²) in [6, 6.07) is 5.85. The van der Waals surface area contributed by atoms with Gasteiger partial charge in [0.2, 0.25) is 0 Å². The highest BCUT2D eigenvalue weighted by molar-refractivity contribution is 7.70. The van der Waals surface area contributed by atoms with E-state index in [-0.39, 0.29) is 0 Å². The van der Waals surface area contributed by atoms with Gasteiger partial charge in [-0.3, -0.25) is 0 Å². The summed E-state index contributed by atoms with van der Waals surface area (Å²) < 4.78 is 17.7. The second-order valence-corrected chi connectivity index (χ2v) is 7.68. The van der Waals surface area contributed by atoms with E-state index in [0.717, 1.165) is 36.1 Å². The standard InChI is InChI=1S/C13H21O2P/c1-5-6-9-15-12-8-7-11(2)13(10-12)16(3,4)14/h7-8,10H,5-6,9H2,1-4H3. The summed E-state index contributed by atoms with van der Waals surface area (Å²) in [5, 5.41) is 0.932. The lowest BCUT2D eigenvalue weighted by atomic mass is 10.2. The Morgan fingerprint density at radius 3 is 2.56 bits per heavy atom. The predicted molar refractivity (Wildman–Crippen MR) is 70.7 cm³/mol. The third-order valence-electron chi connectivity index (χ3n) is 2.53. The van der Waals surface area contributed by atoms with Crippen molar-refractivity contribution in [3.05, 3.63) is 23.8 Å². The molecule has 2 nitrogen and oxygen atoms in total. The van der Waals surface area contributed by atoms with Gasteiger partial charge in [0, 0.05) is 5.30 Å². The highest BCUT2D eigenvalue weighted by atomic mass is 31.2. The second kappa shape index (κ2) is 5.54. The van der Waals surface area contributed by atoms with Crippen molar-refractivity contribution >= 4 is 12.4 Å². The van der Waals surface area contributed by atoms with Gasteiger partial charge < -0.3 is 9.30 Å². The minimum atomic E-state index is -2.20. The minimum absolute atomic E-state index is 0.733. The molecule has 0 aliphatic heterocycles. The summed E-state index contributed by atoms with van der Waals surface area (Å²) in [6.45, 7) is 8.45. The third-order valence-corrected chi connectivity index (χ3v) is 4.17. The summed E-state index contributed by atoms with van der Waals surface area (Å²) in [5.41, 5.74) is 1.08. The Labute approximate surface area is 98.4 Å². The first-order chi connectivity index (χ1) is 7.45. The summed E-state index contributed by atoms with van der Waals surface area (Å²) in [7, 11) is -2.20. The van der Waals surface area contributed by atoms with Crippen molar-refractivity contribution in [2.45, 2.75) is 26.7 Å². The number of aryl methyl sites for hydroxylation is 1. The van der Waals surface area contributed by atoms with Gasteiger partial charge in [0.15, 0.2) is 0 Å². The molecule has 3 heteroatoms. The lowest BCUT2D eigenvalue weighted by molar-refractivity contribution is 0.309. The first kappa shape index (κ1) is 13.3. The summed E-state index contributed by atoms with van der Waals surface area (Å²) in [5.74, 6) is 0.831. The van der Waals surface area contributed by atoms with E-state index in [9.17, 15) is 4.57 Å². The van der Waals surface area contributed by atoms with Gasteiger partial charge in [0.1, 0.15) is 12.9 Å². The molecule has 16 heavy (non-hydrogen) atoms. The van der Waals surface area contributed by atoms with Crippen molar-refractivity contribution < 1.29 is 9.30 Å². The van der Waals surface area contributed by atoms with Crippen LogP contribution in [0, 0.1) is 6.92 Å². The molecule has 0 saturated carbocycles. The molecule has 1 aromatic rings. The number of rotatable bonds is 5. The molecular weight excluding hydrogens is 219 g/mol. The van der Waals surface area contributed by atoms with E-state index in [0.29, 0.717) is 0 Å². The van der Waals surface area contributed by atoms with Crippen LogP contribution >= 0.6 is 7.14 Å². The molecule has 1 rings (SSSR count). The Balaban J connectivity index is 2.86. The van der Waals surface area contributed by atoms with Gasteiger partial charge in [0.05, 0.1) is 6.61 Å². The molecule has 0 fully saturated rings. The summed E-state index contributed by atoms with van der Waals surface area (Å²) >= 11 is 0. The highest BCUT2D eigenvalue weighted by Crippen LogP contribution is 2.37. The van der Waals surface area contributed by atoms with Crippen LogP contribution in [-0.4, -0.2) is 19.9 Å². The van der Waals surface area contributed by atoms with Gasteiger partial charge in [-0.25, -0.2) is 0 Å². The molecule has 0 spiro atoms. The van der Waals surface area contributed by atoms with Crippen molar-refractivity contribution in [3.63, 3.8) is 0 Å². The summed E-state index contributed by atoms with van der Waals surface area (Å²) in [6.07, 6.45) is 2.18. The SMILES string of the molecule is CCCCOc1ccc(C)c(P(C)(C)=O)c1. The summed E-state index contributed by atoms with van der Waals surface area (Å²) in [4.78, 5) is 0. The molecule has 0 atom stereocenters. The Bertz CT molecular complexity index is 393. The van der Waals surface area contributed by atoms with Gasteiger partial charge in [0.25, 0.3) is 0 Å². The molecule has 0 aliphatic rings. The van der Waals surface area contributed by atoms with Crippen LogP contribution in [0.1, 0.15) is 25.3 Å². The predicted octanol–water partition coefficient (Wildman–Crippen LogP) is 3.42. The number of hydrogen-bond donors (Lipinski definition) is 0. The fraction of sp³-hybridized carbons (Fsp3) is 0.538. The molecule has 0 N–H and O–H groups in total. The lowest BCUT2D eigenvalue weighted by Gasteiger charge is -2.13. The van der Waals surface area contributed by atoms with E-state index in [2.05, 4.69) is 6.92 Å². The normalized spacial score (nSPS) is 11.5. The van der Waals surface area contributed by atoms with E-state index in [1.54, 1.807) is 13.3 Å².